The fraction of sp³-hybridized carbons (Fsp3) is 0.552. The molecule has 3 heteroatoms. The lowest BCUT2D eigenvalue weighted by molar-refractivity contribution is -0.706. The maximum absolute atomic E-state index is 6.08. The molecule has 2 aliphatic rings. The molecule has 2 aromatic carbocycles. The van der Waals surface area contributed by atoms with Crippen molar-refractivity contribution in [1.82, 2.24) is 0 Å². The summed E-state index contributed by atoms with van der Waals surface area (Å²) >= 11 is 0. The molecule has 3 aromatic rings. The van der Waals surface area contributed by atoms with Gasteiger partial charge in [-0.05, 0) is 60.1 Å². The molecule has 0 spiro atoms. The molecule has 0 amide bonds. The van der Waals surface area contributed by atoms with Gasteiger partial charge in [0.25, 0.3) is 0 Å². The average Bonchev–Trinajstić information content (AvgIpc) is 2.95. The molecule has 32 heavy (non-hydrogen) atoms. The highest BCUT2D eigenvalue weighted by Gasteiger charge is 2.52. The van der Waals surface area contributed by atoms with Gasteiger partial charge in [-0.2, -0.15) is 4.57 Å². The van der Waals surface area contributed by atoms with Crippen molar-refractivity contribution in [2.75, 3.05) is 14.2 Å². The summed E-state index contributed by atoms with van der Waals surface area (Å²) in [5, 5.41) is 4.00. The van der Waals surface area contributed by atoms with E-state index in [1.807, 2.05) is 0 Å². The van der Waals surface area contributed by atoms with E-state index in [1.54, 1.807) is 14.2 Å². The van der Waals surface area contributed by atoms with Crippen LogP contribution in [0.4, 0.5) is 0 Å². The van der Waals surface area contributed by atoms with Crippen LogP contribution < -0.4 is 14.0 Å². The number of hydrogen-bond donors (Lipinski definition) is 0. The molecule has 0 bridgehead atoms. The maximum Gasteiger partial charge on any atom is 0.221 e. The standard InChI is InChI=1S/C29H38NO2/c1-10-29(11-2)17(3)30-15-20-23(28(6,7)16-27(20,4)5)19-13-12-18-14-21(31-8)26(32-9)24(29)22(18)25(19)30/h12-15,17H,10-11,16H2,1-9H3/q+1. The SMILES string of the molecule is CCC1(CC)c2c(OC)c(OC)cc3ccc4c5c(c[n+](c4c23)C1C)C(C)(C)CC5(C)C. The molecule has 2 heterocycles. The Bertz CT molecular complexity index is 1260. The van der Waals surface area contributed by atoms with Gasteiger partial charge >= 0.3 is 0 Å². The summed E-state index contributed by atoms with van der Waals surface area (Å²) in [5.41, 5.74) is 6.06. The number of nitrogens with zero attached hydrogens (tertiary/aromatic N) is 1. The monoisotopic (exact) mass is 432 g/mol. The number of pyridine rings is 1. The fourth-order valence-corrected chi connectivity index (χ4v) is 7.65. The van der Waals surface area contributed by atoms with Gasteiger partial charge in [0, 0.05) is 11.1 Å². The number of aromatic nitrogens is 1. The number of methoxy groups -OCH3 is 2. The van der Waals surface area contributed by atoms with E-state index in [1.165, 1.54) is 44.8 Å². The lowest BCUT2D eigenvalue weighted by Crippen LogP contribution is -2.53. The van der Waals surface area contributed by atoms with Crippen LogP contribution >= 0.6 is 0 Å². The second-order valence-corrected chi connectivity index (χ2v) is 11.4. The predicted molar refractivity (Wildman–Crippen MR) is 132 cm³/mol. The summed E-state index contributed by atoms with van der Waals surface area (Å²) in [5.74, 6) is 1.75. The van der Waals surface area contributed by atoms with Gasteiger partial charge in [0.1, 0.15) is 0 Å². The van der Waals surface area contributed by atoms with E-state index in [-0.39, 0.29) is 16.2 Å². The summed E-state index contributed by atoms with van der Waals surface area (Å²) in [6.07, 6.45) is 5.79. The fourth-order valence-electron chi connectivity index (χ4n) is 7.65. The Kier molecular flexibility index (Phi) is 4.46. The van der Waals surface area contributed by atoms with E-state index in [0.29, 0.717) is 6.04 Å². The first-order valence-electron chi connectivity index (χ1n) is 12.2. The van der Waals surface area contributed by atoms with Gasteiger partial charge in [-0.1, -0.05) is 47.6 Å². The van der Waals surface area contributed by atoms with Crippen LogP contribution in [0.2, 0.25) is 0 Å². The molecular weight excluding hydrogens is 394 g/mol. The van der Waals surface area contributed by atoms with Gasteiger partial charge in [-0.15, -0.1) is 0 Å². The Morgan fingerprint density at radius 2 is 1.66 bits per heavy atom. The second kappa shape index (κ2) is 6.62. The van der Waals surface area contributed by atoms with Crippen molar-refractivity contribution in [3.05, 3.63) is 41.1 Å². The zero-order valence-corrected chi connectivity index (χ0v) is 21.3. The highest BCUT2D eigenvalue weighted by atomic mass is 16.5. The van der Waals surface area contributed by atoms with E-state index in [9.17, 15) is 0 Å². The van der Waals surface area contributed by atoms with Crippen LogP contribution in [0.15, 0.2) is 24.4 Å². The van der Waals surface area contributed by atoms with Gasteiger partial charge in [-0.3, -0.25) is 0 Å². The van der Waals surface area contributed by atoms with E-state index in [4.69, 9.17) is 9.47 Å². The molecule has 1 atom stereocenters. The third-order valence-corrected chi connectivity index (χ3v) is 8.95. The topological polar surface area (TPSA) is 22.3 Å². The third kappa shape index (κ3) is 2.40. The maximum atomic E-state index is 6.08. The second-order valence-electron chi connectivity index (χ2n) is 11.4. The van der Waals surface area contributed by atoms with Crippen molar-refractivity contribution in [3.8, 4) is 11.5 Å². The van der Waals surface area contributed by atoms with Crippen LogP contribution in [-0.4, -0.2) is 14.2 Å². The zero-order chi connectivity index (χ0) is 23.2. The molecule has 0 radical (unpaired) electrons. The Labute approximate surface area is 192 Å². The van der Waals surface area contributed by atoms with E-state index >= 15 is 0 Å². The van der Waals surface area contributed by atoms with Crippen LogP contribution in [0.1, 0.15) is 90.5 Å². The minimum Gasteiger partial charge on any atom is -0.493 e. The van der Waals surface area contributed by atoms with Crippen LogP contribution in [-0.2, 0) is 16.2 Å². The van der Waals surface area contributed by atoms with Crippen molar-refractivity contribution in [2.24, 2.45) is 0 Å². The third-order valence-electron chi connectivity index (χ3n) is 8.95. The number of benzene rings is 2. The smallest absolute Gasteiger partial charge is 0.221 e. The number of hydrogen-bond acceptors (Lipinski definition) is 2. The molecule has 170 valence electrons. The summed E-state index contributed by atoms with van der Waals surface area (Å²) in [6, 6.07) is 7.16. The summed E-state index contributed by atoms with van der Waals surface area (Å²) in [4.78, 5) is 0. The molecule has 3 nitrogen and oxygen atoms in total. The van der Waals surface area contributed by atoms with Crippen molar-refractivity contribution in [2.45, 2.75) is 90.0 Å². The van der Waals surface area contributed by atoms with Crippen LogP contribution in [0.3, 0.4) is 0 Å². The molecule has 5 rings (SSSR count). The molecule has 0 saturated carbocycles. The van der Waals surface area contributed by atoms with Crippen molar-refractivity contribution in [1.29, 1.82) is 0 Å². The van der Waals surface area contributed by atoms with E-state index in [0.717, 1.165) is 24.3 Å². The first kappa shape index (κ1) is 21.6. The molecule has 1 aliphatic heterocycles. The quantitative estimate of drug-likeness (QED) is 0.331. The first-order chi connectivity index (χ1) is 15.1. The molecule has 1 aliphatic carbocycles. The van der Waals surface area contributed by atoms with E-state index in [2.05, 4.69) is 77.4 Å². The van der Waals surface area contributed by atoms with Crippen molar-refractivity contribution >= 4 is 21.7 Å². The number of fused-ring (bicyclic) bond motifs is 2. The van der Waals surface area contributed by atoms with Crippen LogP contribution in [0, 0.1) is 0 Å². The lowest BCUT2D eigenvalue weighted by atomic mass is 9.66. The summed E-state index contributed by atoms with van der Waals surface area (Å²) in [7, 11) is 3.54. The average molecular weight is 433 g/mol. The molecule has 1 aromatic heterocycles. The Morgan fingerprint density at radius 1 is 0.969 bits per heavy atom. The zero-order valence-electron chi connectivity index (χ0n) is 21.3. The van der Waals surface area contributed by atoms with Gasteiger partial charge in [0.2, 0.25) is 5.52 Å². The van der Waals surface area contributed by atoms with Crippen molar-refractivity contribution < 1.29 is 14.0 Å². The van der Waals surface area contributed by atoms with Gasteiger partial charge in [0.15, 0.2) is 23.7 Å². The van der Waals surface area contributed by atoms with E-state index < -0.39 is 0 Å². The van der Waals surface area contributed by atoms with Crippen LogP contribution in [0.25, 0.3) is 21.7 Å². The van der Waals surface area contributed by atoms with Gasteiger partial charge < -0.3 is 9.47 Å². The Balaban J connectivity index is 2.09. The highest BCUT2D eigenvalue weighted by Crippen LogP contribution is 2.57. The Morgan fingerprint density at radius 3 is 2.25 bits per heavy atom. The first-order valence-corrected chi connectivity index (χ1v) is 12.2. The summed E-state index contributed by atoms with van der Waals surface area (Å²) in [6.45, 7) is 16.7. The molecule has 0 N–H and O–H groups in total. The van der Waals surface area contributed by atoms with Gasteiger partial charge in [-0.25, -0.2) is 0 Å². The Hall–Kier alpha value is -2.29. The summed E-state index contributed by atoms with van der Waals surface area (Å²) < 4.78 is 14.5. The minimum atomic E-state index is -0.0173. The van der Waals surface area contributed by atoms with Crippen molar-refractivity contribution in [3.63, 3.8) is 0 Å². The molecule has 1 unspecified atom stereocenters. The largest absolute Gasteiger partial charge is 0.493 e. The normalized spacial score (nSPS) is 21.8. The molecule has 0 saturated heterocycles. The lowest BCUT2D eigenvalue weighted by Gasteiger charge is -2.40. The van der Waals surface area contributed by atoms with Gasteiger partial charge in [0.05, 0.1) is 30.4 Å². The molecular formula is C29H38NO2+. The predicted octanol–water partition coefficient (Wildman–Crippen LogP) is 6.89. The number of rotatable bonds is 4. The minimum absolute atomic E-state index is 0.0173. The van der Waals surface area contributed by atoms with Crippen LogP contribution in [0.5, 0.6) is 11.5 Å². The highest BCUT2D eigenvalue weighted by molar-refractivity contribution is 6.09. The number of ether oxygens (including phenoxy) is 2. The molecule has 0 fully saturated rings.